The second-order valence-electron chi connectivity index (χ2n) is 6.31. The highest BCUT2D eigenvalue weighted by atomic mass is 16.5. The highest BCUT2D eigenvalue weighted by molar-refractivity contribution is 5.81. The number of amides is 1. The van der Waals surface area contributed by atoms with Crippen LogP contribution in [0.1, 0.15) is 31.1 Å². The Hall–Kier alpha value is -2.41. The van der Waals surface area contributed by atoms with Gasteiger partial charge in [-0.15, -0.1) is 0 Å². The van der Waals surface area contributed by atoms with E-state index in [1.807, 2.05) is 36.7 Å². The van der Waals surface area contributed by atoms with E-state index in [4.69, 9.17) is 4.74 Å². The van der Waals surface area contributed by atoms with Gasteiger partial charge >= 0.3 is 0 Å². The summed E-state index contributed by atoms with van der Waals surface area (Å²) in [5.74, 6) is 0.645. The van der Waals surface area contributed by atoms with Crippen molar-refractivity contribution in [3.05, 3.63) is 42.1 Å². The van der Waals surface area contributed by atoms with Gasteiger partial charge in [0.05, 0.1) is 19.1 Å². The number of hydrogen-bond donors (Lipinski definition) is 1. The topological polar surface area (TPSA) is 72.3 Å². The van der Waals surface area contributed by atoms with Crippen LogP contribution in [0.4, 0.5) is 0 Å². The Morgan fingerprint density at radius 3 is 3.08 bits per heavy atom. The summed E-state index contributed by atoms with van der Waals surface area (Å²) in [4.78, 5) is 23.2. The van der Waals surface area contributed by atoms with Crippen LogP contribution in [-0.2, 0) is 17.9 Å². The molecule has 0 bridgehead atoms. The van der Waals surface area contributed by atoms with Gasteiger partial charge in [-0.3, -0.25) is 9.69 Å². The van der Waals surface area contributed by atoms with Gasteiger partial charge in [0.25, 0.3) is 0 Å². The van der Waals surface area contributed by atoms with Crippen LogP contribution in [0.15, 0.2) is 30.9 Å². The second-order valence-corrected chi connectivity index (χ2v) is 6.31. The van der Waals surface area contributed by atoms with Crippen molar-refractivity contribution in [1.82, 2.24) is 24.8 Å². The van der Waals surface area contributed by atoms with Gasteiger partial charge in [0, 0.05) is 43.6 Å². The maximum absolute atomic E-state index is 12.6. The first-order valence-corrected chi connectivity index (χ1v) is 8.09. The van der Waals surface area contributed by atoms with E-state index in [0.29, 0.717) is 19.0 Å². The normalized spacial score (nSPS) is 17.6. The van der Waals surface area contributed by atoms with Crippen molar-refractivity contribution in [2.45, 2.75) is 39.0 Å². The van der Waals surface area contributed by atoms with E-state index < -0.39 is 0 Å². The molecule has 7 heteroatoms. The van der Waals surface area contributed by atoms with Crippen LogP contribution >= 0.6 is 0 Å². The smallest absolute Gasteiger partial charge is 0.244 e. The molecule has 0 saturated heterocycles. The van der Waals surface area contributed by atoms with E-state index in [-0.39, 0.29) is 18.0 Å². The summed E-state index contributed by atoms with van der Waals surface area (Å²) in [7, 11) is 1.62. The van der Waals surface area contributed by atoms with Crippen molar-refractivity contribution in [1.29, 1.82) is 0 Å². The summed E-state index contributed by atoms with van der Waals surface area (Å²) in [5.41, 5.74) is 2.05. The first kappa shape index (κ1) is 16.4. The highest BCUT2D eigenvalue weighted by Gasteiger charge is 2.30. The highest BCUT2D eigenvalue weighted by Crippen LogP contribution is 2.25. The van der Waals surface area contributed by atoms with Crippen LogP contribution in [0.25, 0.3) is 0 Å². The van der Waals surface area contributed by atoms with Gasteiger partial charge in [0.15, 0.2) is 0 Å². The molecule has 1 N–H and O–H groups in total. The van der Waals surface area contributed by atoms with Crippen molar-refractivity contribution >= 4 is 5.91 Å². The lowest BCUT2D eigenvalue weighted by Gasteiger charge is -2.34. The van der Waals surface area contributed by atoms with Crippen molar-refractivity contribution in [2.24, 2.45) is 0 Å². The molecule has 7 nitrogen and oxygen atoms in total. The van der Waals surface area contributed by atoms with E-state index in [0.717, 1.165) is 17.8 Å². The Bertz CT molecular complexity index is 713. The average molecular weight is 329 g/mol. The quantitative estimate of drug-likeness (QED) is 0.897. The van der Waals surface area contributed by atoms with Crippen LogP contribution in [0.2, 0.25) is 0 Å². The number of rotatable bonds is 5. The number of carbonyl (C=O) groups is 1. The van der Waals surface area contributed by atoms with Crippen LogP contribution in [0.5, 0.6) is 5.88 Å². The molecule has 1 unspecified atom stereocenters. The lowest BCUT2D eigenvalue weighted by molar-refractivity contribution is -0.126. The first-order chi connectivity index (χ1) is 11.6. The molecular formula is C17H23N5O2. The average Bonchev–Trinajstić information content (AvgIpc) is 3.02. The van der Waals surface area contributed by atoms with Gasteiger partial charge in [-0.1, -0.05) is 6.07 Å². The van der Waals surface area contributed by atoms with E-state index in [1.165, 1.54) is 0 Å². The summed E-state index contributed by atoms with van der Waals surface area (Å²) in [6.45, 7) is 5.97. The maximum atomic E-state index is 12.6. The number of nitrogens with zero attached hydrogens (tertiary/aromatic N) is 4. The van der Waals surface area contributed by atoms with E-state index in [1.54, 1.807) is 19.6 Å². The van der Waals surface area contributed by atoms with Gasteiger partial charge in [0.2, 0.25) is 11.8 Å². The third-order valence-corrected chi connectivity index (χ3v) is 4.07. The zero-order chi connectivity index (χ0) is 17.1. The number of ether oxygens (including phenoxy) is 1. The molecule has 1 aliphatic heterocycles. The molecule has 3 rings (SSSR count). The molecule has 1 atom stereocenters. The number of pyridine rings is 1. The molecule has 0 radical (unpaired) electrons. The Labute approximate surface area is 141 Å². The number of aromatic nitrogens is 3. The SMILES string of the molecule is COc1ncccc1CN1Cc2cncn2C(C(=O)NC(C)C)C1. The largest absolute Gasteiger partial charge is 0.481 e. The molecule has 1 amide bonds. The third kappa shape index (κ3) is 3.41. The second kappa shape index (κ2) is 7.00. The lowest BCUT2D eigenvalue weighted by Crippen LogP contribution is -2.45. The van der Waals surface area contributed by atoms with Crippen LogP contribution in [0.3, 0.4) is 0 Å². The minimum Gasteiger partial charge on any atom is -0.481 e. The van der Waals surface area contributed by atoms with Crippen molar-refractivity contribution in [3.63, 3.8) is 0 Å². The molecule has 0 spiro atoms. The zero-order valence-corrected chi connectivity index (χ0v) is 14.3. The molecule has 0 fully saturated rings. The summed E-state index contributed by atoms with van der Waals surface area (Å²) in [6, 6.07) is 3.73. The molecule has 0 aliphatic carbocycles. The van der Waals surface area contributed by atoms with Crippen molar-refractivity contribution in [2.75, 3.05) is 13.7 Å². The standard InChI is InChI=1S/C17H23N5O2/c1-12(2)20-16(23)15-10-21(9-14-7-18-11-22(14)15)8-13-5-4-6-19-17(13)24-3/h4-7,11-12,15H,8-10H2,1-3H3,(H,20,23). The predicted octanol–water partition coefficient (Wildman–Crippen LogP) is 1.37. The molecule has 128 valence electrons. The number of carbonyl (C=O) groups excluding carboxylic acids is 1. The molecule has 24 heavy (non-hydrogen) atoms. The molecular weight excluding hydrogens is 306 g/mol. The molecule has 2 aromatic heterocycles. The Balaban J connectivity index is 1.81. The predicted molar refractivity (Wildman–Crippen MR) is 89.4 cm³/mol. The number of hydrogen-bond acceptors (Lipinski definition) is 5. The molecule has 2 aromatic rings. The summed E-state index contributed by atoms with van der Waals surface area (Å²) in [5, 5.41) is 3.00. The van der Waals surface area contributed by atoms with E-state index >= 15 is 0 Å². The van der Waals surface area contributed by atoms with Gasteiger partial charge in [-0.05, 0) is 19.9 Å². The Morgan fingerprint density at radius 2 is 2.33 bits per heavy atom. The van der Waals surface area contributed by atoms with Gasteiger partial charge in [-0.2, -0.15) is 0 Å². The number of nitrogens with one attached hydrogen (secondary N) is 1. The van der Waals surface area contributed by atoms with E-state index in [9.17, 15) is 4.79 Å². The van der Waals surface area contributed by atoms with E-state index in [2.05, 4.69) is 20.2 Å². The van der Waals surface area contributed by atoms with Gasteiger partial charge < -0.3 is 14.6 Å². The fraction of sp³-hybridized carbons (Fsp3) is 0.471. The molecule has 3 heterocycles. The van der Waals surface area contributed by atoms with Crippen molar-refractivity contribution < 1.29 is 9.53 Å². The lowest BCUT2D eigenvalue weighted by atomic mass is 10.1. The van der Waals surface area contributed by atoms with Crippen LogP contribution < -0.4 is 10.1 Å². The fourth-order valence-electron chi connectivity index (χ4n) is 3.04. The van der Waals surface area contributed by atoms with Gasteiger partial charge in [-0.25, -0.2) is 9.97 Å². The number of methoxy groups -OCH3 is 1. The fourth-order valence-corrected chi connectivity index (χ4v) is 3.04. The minimum atomic E-state index is -0.277. The Kier molecular flexibility index (Phi) is 4.80. The number of imidazole rings is 1. The molecule has 1 aliphatic rings. The minimum absolute atomic E-state index is 0.0205. The monoisotopic (exact) mass is 329 g/mol. The summed E-state index contributed by atoms with van der Waals surface area (Å²) < 4.78 is 7.30. The Morgan fingerprint density at radius 1 is 1.50 bits per heavy atom. The van der Waals surface area contributed by atoms with Crippen LogP contribution in [0, 0.1) is 0 Å². The number of fused-ring (bicyclic) bond motifs is 1. The third-order valence-electron chi connectivity index (χ3n) is 4.07. The summed E-state index contributed by atoms with van der Waals surface area (Å²) in [6.07, 6.45) is 5.27. The van der Waals surface area contributed by atoms with Crippen molar-refractivity contribution in [3.8, 4) is 5.88 Å². The van der Waals surface area contributed by atoms with Crippen LogP contribution in [-0.4, -0.2) is 45.0 Å². The zero-order valence-electron chi connectivity index (χ0n) is 14.3. The molecule has 0 saturated carbocycles. The molecule has 0 aromatic carbocycles. The van der Waals surface area contributed by atoms with Gasteiger partial charge in [0.1, 0.15) is 6.04 Å². The maximum Gasteiger partial charge on any atom is 0.244 e. The first-order valence-electron chi connectivity index (χ1n) is 8.09. The summed E-state index contributed by atoms with van der Waals surface area (Å²) >= 11 is 0.